The molecule has 1 aliphatic rings. The molecule has 11 heavy (non-hydrogen) atoms. The number of thiocarbonyl (C=S) groups is 1. The summed E-state index contributed by atoms with van der Waals surface area (Å²) in [7, 11) is 0. The molecule has 1 unspecified atom stereocenters. The normalized spacial score (nSPS) is 23.4. The molecule has 1 saturated heterocycles. The van der Waals surface area contributed by atoms with E-state index < -0.39 is 0 Å². The first kappa shape index (κ1) is 8.65. The standard InChI is InChI=1S/C8H12O2S/c1-2-3-7(11)6-4-5-10-8(6)9/h6H,2-5H2,1H3. The molecule has 0 bridgehead atoms. The molecular weight excluding hydrogens is 160 g/mol. The van der Waals surface area contributed by atoms with E-state index in [1.807, 2.05) is 0 Å². The molecule has 0 radical (unpaired) electrons. The lowest BCUT2D eigenvalue weighted by atomic mass is 10.0. The van der Waals surface area contributed by atoms with E-state index in [4.69, 9.17) is 17.0 Å². The number of hydrogen-bond donors (Lipinski definition) is 0. The minimum atomic E-state index is -0.122. The molecule has 1 rings (SSSR count). The summed E-state index contributed by atoms with van der Waals surface area (Å²) in [5, 5.41) is 0. The summed E-state index contributed by atoms with van der Waals surface area (Å²) >= 11 is 5.09. The van der Waals surface area contributed by atoms with Crippen molar-refractivity contribution in [3.63, 3.8) is 0 Å². The van der Waals surface area contributed by atoms with Crippen molar-refractivity contribution in [1.82, 2.24) is 0 Å². The van der Waals surface area contributed by atoms with E-state index in [9.17, 15) is 4.79 Å². The average molecular weight is 172 g/mol. The van der Waals surface area contributed by atoms with Gasteiger partial charge in [-0.2, -0.15) is 0 Å². The Kier molecular flexibility index (Phi) is 3.00. The van der Waals surface area contributed by atoms with Crippen molar-refractivity contribution in [3.05, 3.63) is 0 Å². The lowest BCUT2D eigenvalue weighted by Crippen LogP contribution is -2.16. The molecule has 62 valence electrons. The second-order valence-electron chi connectivity index (χ2n) is 2.73. The molecule has 0 aromatic heterocycles. The first-order valence-electron chi connectivity index (χ1n) is 3.95. The lowest BCUT2D eigenvalue weighted by Gasteiger charge is -2.04. The highest BCUT2D eigenvalue weighted by atomic mass is 32.1. The maximum Gasteiger partial charge on any atom is 0.314 e. The second kappa shape index (κ2) is 3.81. The van der Waals surface area contributed by atoms with Gasteiger partial charge in [-0.1, -0.05) is 25.6 Å². The van der Waals surface area contributed by atoms with Crippen molar-refractivity contribution in [1.29, 1.82) is 0 Å². The van der Waals surface area contributed by atoms with Crippen LogP contribution in [0.5, 0.6) is 0 Å². The third-order valence-corrected chi connectivity index (χ3v) is 2.31. The Hall–Kier alpha value is -0.440. The van der Waals surface area contributed by atoms with Crippen LogP contribution in [0.2, 0.25) is 0 Å². The first-order valence-corrected chi connectivity index (χ1v) is 4.36. The molecule has 0 N–H and O–H groups in total. The van der Waals surface area contributed by atoms with E-state index in [1.54, 1.807) is 0 Å². The predicted octanol–water partition coefficient (Wildman–Crippen LogP) is 1.72. The average Bonchev–Trinajstić information content (AvgIpc) is 2.36. The van der Waals surface area contributed by atoms with Crippen LogP contribution in [0.15, 0.2) is 0 Å². The molecule has 0 aliphatic carbocycles. The zero-order valence-corrected chi connectivity index (χ0v) is 7.45. The van der Waals surface area contributed by atoms with Gasteiger partial charge in [0.05, 0.1) is 12.5 Å². The Bertz CT molecular complexity index is 177. The number of carbonyl (C=O) groups excluding carboxylic acids is 1. The van der Waals surface area contributed by atoms with Gasteiger partial charge in [0, 0.05) is 4.86 Å². The Morgan fingerprint density at radius 1 is 1.82 bits per heavy atom. The third kappa shape index (κ3) is 1.99. The van der Waals surface area contributed by atoms with Gasteiger partial charge in [0.2, 0.25) is 0 Å². The molecule has 0 spiro atoms. The summed E-state index contributed by atoms with van der Waals surface area (Å²) in [5.74, 6) is -0.201. The van der Waals surface area contributed by atoms with Gasteiger partial charge in [-0.05, 0) is 12.8 Å². The maximum absolute atomic E-state index is 11.0. The van der Waals surface area contributed by atoms with Gasteiger partial charge in [0.25, 0.3) is 0 Å². The molecule has 0 aromatic carbocycles. The number of hydrogen-bond acceptors (Lipinski definition) is 3. The molecule has 1 atom stereocenters. The largest absolute Gasteiger partial charge is 0.465 e. The molecule has 1 fully saturated rings. The Labute approximate surface area is 71.9 Å². The topological polar surface area (TPSA) is 26.3 Å². The van der Waals surface area contributed by atoms with Crippen molar-refractivity contribution in [2.75, 3.05) is 6.61 Å². The fourth-order valence-corrected chi connectivity index (χ4v) is 1.63. The van der Waals surface area contributed by atoms with Gasteiger partial charge in [-0.25, -0.2) is 0 Å². The molecule has 0 aromatic rings. The molecular formula is C8H12O2S. The predicted molar refractivity (Wildman–Crippen MR) is 46.6 cm³/mol. The van der Waals surface area contributed by atoms with E-state index in [0.717, 1.165) is 24.1 Å². The van der Waals surface area contributed by atoms with Crippen molar-refractivity contribution >= 4 is 23.1 Å². The lowest BCUT2D eigenvalue weighted by molar-refractivity contribution is -0.139. The highest BCUT2D eigenvalue weighted by Crippen LogP contribution is 2.18. The van der Waals surface area contributed by atoms with Gasteiger partial charge in [0.1, 0.15) is 0 Å². The van der Waals surface area contributed by atoms with Crippen molar-refractivity contribution in [2.45, 2.75) is 26.2 Å². The van der Waals surface area contributed by atoms with Gasteiger partial charge in [0.15, 0.2) is 0 Å². The van der Waals surface area contributed by atoms with Crippen LogP contribution >= 0.6 is 12.2 Å². The van der Waals surface area contributed by atoms with Crippen LogP contribution in [-0.4, -0.2) is 17.4 Å². The number of rotatable bonds is 3. The minimum Gasteiger partial charge on any atom is -0.465 e. The Morgan fingerprint density at radius 3 is 3.00 bits per heavy atom. The number of cyclic esters (lactones) is 1. The van der Waals surface area contributed by atoms with Crippen LogP contribution < -0.4 is 0 Å². The van der Waals surface area contributed by atoms with Gasteiger partial charge in [-0.15, -0.1) is 0 Å². The summed E-state index contributed by atoms with van der Waals surface area (Å²) < 4.78 is 4.81. The molecule has 2 nitrogen and oxygen atoms in total. The van der Waals surface area contributed by atoms with Gasteiger partial charge < -0.3 is 4.74 Å². The quantitative estimate of drug-likeness (QED) is 0.479. The van der Waals surface area contributed by atoms with Crippen LogP contribution in [0.4, 0.5) is 0 Å². The second-order valence-corrected chi connectivity index (χ2v) is 3.25. The smallest absolute Gasteiger partial charge is 0.314 e. The molecule has 3 heteroatoms. The molecule has 0 amide bonds. The van der Waals surface area contributed by atoms with E-state index in [0.29, 0.717) is 6.61 Å². The van der Waals surface area contributed by atoms with Gasteiger partial charge >= 0.3 is 5.97 Å². The summed E-state index contributed by atoms with van der Waals surface area (Å²) in [6.45, 7) is 2.61. The monoisotopic (exact) mass is 172 g/mol. The van der Waals surface area contributed by atoms with Crippen molar-refractivity contribution < 1.29 is 9.53 Å². The molecule has 0 saturated carbocycles. The minimum absolute atomic E-state index is 0.0788. The van der Waals surface area contributed by atoms with Gasteiger partial charge in [-0.3, -0.25) is 4.79 Å². The van der Waals surface area contributed by atoms with E-state index in [-0.39, 0.29) is 11.9 Å². The Morgan fingerprint density at radius 2 is 2.55 bits per heavy atom. The first-order chi connectivity index (χ1) is 5.25. The molecule has 1 aliphatic heterocycles. The number of esters is 1. The summed E-state index contributed by atoms with van der Waals surface area (Å²) in [4.78, 5) is 11.9. The third-order valence-electron chi connectivity index (χ3n) is 1.82. The highest BCUT2D eigenvalue weighted by Gasteiger charge is 2.29. The number of carbonyl (C=O) groups is 1. The van der Waals surface area contributed by atoms with Crippen LogP contribution in [0, 0.1) is 5.92 Å². The fraction of sp³-hybridized carbons (Fsp3) is 0.750. The zero-order chi connectivity index (χ0) is 8.27. The zero-order valence-electron chi connectivity index (χ0n) is 6.63. The molecule has 1 heterocycles. The van der Waals surface area contributed by atoms with E-state index in [1.165, 1.54) is 0 Å². The summed E-state index contributed by atoms with van der Waals surface area (Å²) in [5.41, 5.74) is 0. The van der Waals surface area contributed by atoms with E-state index >= 15 is 0 Å². The fourth-order valence-electron chi connectivity index (χ4n) is 1.21. The van der Waals surface area contributed by atoms with Crippen LogP contribution in [0.3, 0.4) is 0 Å². The maximum atomic E-state index is 11.0. The summed E-state index contributed by atoms with van der Waals surface area (Å²) in [6.07, 6.45) is 2.68. The van der Waals surface area contributed by atoms with Crippen LogP contribution in [0.1, 0.15) is 26.2 Å². The van der Waals surface area contributed by atoms with Crippen LogP contribution in [-0.2, 0) is 9.53 Å². The van der Waals surface area contributed by atoms with Crippen LogP contribution in [0.25, 0.3) is 0 Å². The van der Waals surface area contributed by atoms with E-state index in [2.05, 4.69) is 6.92 Å². The Balaban J connectivity index is 2.46. The highest BCUT2D eigenvalue weighted by molar-refractivity contribution is 7.80. The van der Waals surface area contributed by atoms with Crippen molar-refractivity contribution in [2.24, 2.45) is 5.92 Å². The number of ether oxygens (including phenoxy) is 1. The SMILES string of the molecule is CCCC(=S)C1CCOC1=O. The van der Waals surface area contributed by atoms with Crippen molar-refractivity contribution in [3.8, 4) is 0 Å². The summed E-state index contributed by atoms with van der Waals surface area (Å²) in [6, 6.07) is 0.